The fraction of sp³-hybridized carbons (Fsp3) is 0.130. The Labute approximate surface area is 199 Å². The maximum absolute atomic E-state index is 12.0. The number of primary amides is 1. The average molecular weight is 476 g/mol. The molecule has 4 N–H and O–H groups in total. The standard InChI is InChI=1S/C23H21N7O3S/c24-22(31)21(19-2-1-13-34-19)16-5-3-15(4-6-16)18-9-10-26-23(29-18)27-12-11-25-20-8-7-17(14-28-20)30(32)33/h1-10,13-14,21H,11-12H2,(H2,24,31)(H,25,28)(H,26,27,29). The van der Waals surface area contributed by atoms with Crippen molar-refractivity contribution in [1.82, 2.24) is 15.0 Å². The predicted molar refractivity (Wildman–Crippen MR) is 131 cm³/mol. The summed E-state index contributed by atoms with van der Waals surface area (Å²) in [6, 6.07) is 16.2. The summed E-state index contributed by atoms with van der Waals surface area (Å²) in [5, 5.41) is 18.8. The molecule has 0 aliphatic rings. The van der Waals surface area contributed by atoms with Crippen molar-refractivity contribution in [3.05, 3.63) is 92.9 Å². The lowest BCUT2D eigenvalue weighted by Crippen LogP contribution is -2.21. The summed E-state index contributed by atoms with van der Waals surface area (Å²) in [5.41, 5.74) is 8.04. The van der Waals surface area contributed by atoms with Crippen LogP contribution in [0.2, 0.25) is 0 Å². The van der Waals surface area contributed by atoms with Crippen LogP contribution < -0.4 is 16.4 Å². The van der Waals surface area contributed by atoms with Gasteiger partial charge < -0.3 is 16.4 Å². The second-order valence-electron chi connectivity index (χ2n) is 7.25. The number of nitro groups is 1. The van der Waals surface area contributed by atoms with Crippen LogP contribution in [0.15, 0.2) is 72.4 Å². The van der Waals surface area contributed by atoms with Gasteiger partial charge in [-0.25, -0.2) is 15.0 Å². The minimum atomic E-state index is -0.490. The highest BCUT2D eigenvalue weighted by Gasteiger charge is 2.21. The van der Waals surface area contributed by atoms with Gasteiger partial charge in [0.2, 0.25) is 11.9 Å². The normalized spacial score (nSPS) is 11.5. The maximum Gasteiger partial charge on any atom is 0.287 e. The number of rotatable bonds is 10. The van der Waals surface area contributed by atoms with E-state index in [0.29, 0.717) is 24.9 Å². The van der Waals surface area contributed by atoms with E-state index in [-0.39, 0.29) is 11.6 Å². The smallest absolute Gasteiger partial charge is 0.287 e. The third-order valence-electron chi connectivity index (χ3n) is 4.98. The number of thiophene rings is 1. The first kappa shape index (κ1) is 22.8. The lowest BCUT2D eigenvalue weighted by Gasteiger charge is -2.13. The number of aromatic nitrogens is 3. The average Bonchev–Trinajstić information content (AvgIpc) is 3.37. The Bertz CT molecular complexity index is 1260. The van der Waals surface area contributed by atoms with Crippen LogP contribution >= 0.6 is 11.3 Å². The Hall–Kier alpha value is -4.38. The van der Waals surface area contributed by atoms with Crippen LogP contribution in [-0.4, -0.2) is 38.9 Å². The summed E-state index contributed by atoms with van der Waals surface area (Å²) in [4.78, 5) is 35.9. The number of amides is 1. The zero-order valence-electron chi connectivity index (χ0n) is 17.9. The van der Waals surface area contributed by atoms with E-state index in [1.54, 1.807) is 12.3 Å². The number of carbonyl (C=O) groups excluding carboxylic acids is 1. The Morgan fingerprint density at radius 1 is 1.06 bits per heavy atom. The molecule has 0 saturated carbocycles. The molecule has 172 valence electrons. The molecule has 4 rings (SSSR count). The summed E-state index contributed by atoms with van der Waals surface area (Å²) < 4.78 is 0. The molecule has 1 aromatic carbocycles. The molecule has 3 aromatic heterocycles. The van der Waals surface area contributed by atoms with Crippen LogP contribution in [0.1, 0.15) is 16.4 Å². The first-order valence-corrected chi connectivity index (χ1v) is 11.2. The molecule has 11 heteroatoms. The van der Waals surface area contributed by atoms with Crippen LogP contribution in [-0.2, 0) is 4.79 Å². The zero-order valence-corrected chi connectivity index (χ0v) is 18.7. The van der Waals surface area contributed by atoms with Crippen molar-refractivity contribution in [2.24, 2.45) is 5.73 Å². The summed E-state index contributed by atoms with van der Waals surface area (Å²) in [5.74, 6) is 0.142. The largest absolute Gasteiger partial charge is 0.369 e. The Kier molecular flexibility index (Phi) is 7.04. The molecule has 0 radical (unpaired) electrons. The number of hydrogen-bond acceptors (Lipinski definition) is 9. The van der Waals surface area contributed by atoms with E-state index < -0.39 is 10.8 Å². The van der Waals surface area contributed by atoms with Gasteiger partial charge in [0, 0.05) is 35.8 Å². The van der Waals surface area contributed by atoms with Gasteiger partial charge in [0.25, 0.3) is 5.69 Å². The zero-order chi connectivity index (χ0) is 23.9. The lowest BCUT2D eigenvalue weighted by atomic mass is 9.95. The molecule has 0 aliphatic heterocycles. The minimum Gasteiger partial charge on any atom is -0.369 e. The minimum absolute atomic E-state index is 0.0569. The number of benzene rings is 1. The van der Waals surface area contributed by atoms with Crippen molar-refractivity contribution in [3.8, 4) is 11.3 Å². The molecule has 0 spiro atoms. The molecule has 34 heavy (non-hydrogen) atoms. The molecule has 0 saturated heterocycles. The SMILES string of the molecule is NC(=O)C(c1ccc(-c2ccnc(NCCNc3ccc([N+](=O)[O-])cn3)n2)cc1)c1cccs1. The molecule has 0 bridgehead atoms. The molecule has 3 heterocycles. The Morgan fingerprint density at radius 2 is 1.85 bits per heavy atom. The van der Waals surface area contributed by atoms with E-state index in [1.807, 2.05) is 47.8 Å². The molecule has 1 amide bonds. The molecule has 0 aliphatic carbocycles. The summed E-state index contributed by atoms with van der Waals surface area (Å²) >= 11 is 1.50. The van der Waals surface area contributed by atoms with E-state index in [0.717, 1.165) is 21.7 Å². The quantitative estimate of drug-likeness (QED) is 0.179. The fourth-order valence-electron chi connectivity index (χ4n) is 3.34. The highest BCUT2D eigenvalue weighted by Crippen LogP contribution is 2.29. The highest BCUT2D eigenvalue weighted by molar-refractivity contribution is 7.10. The molecule has 0 fully saturated rings. The van der Waals surface area contributed by atoms with Crippen molar-refractivity contribution >= 4 is 34.7 Å². The van der Waals surface area contributed by atoms with Crippen molar-refractivity contribution in [1.29, 1.82) is 0 Å². The van der Waals surface area contributed by atoms with Gasteiger partial charge in [-0.15, -0.1) is 11.3 Å². The number of nitrogens with two attached hydrogens (primary N) is 1. The van der Waals surface area contributed by atoms with Crippen molar-refractivity contribution in [2.75, 3.05) is 23.7 Å². The second kappa shape index (κ2) is 10.5. The topological polar surface area (TPSA) is 149 Å². The Balaban J connectivity index is 1.36. The molecular formula is C23H21N7O3S. The number of nitrogens with zero attached hydrogens (tertiary/aromatic N) is 4. The van der Waals surface area contributed by atoms with Gasteiger partial charge in [0.05, 0.1) is 16.5 Å². The first-order chi connectivity index (χ1) is 16.5. The van der Waals surface area contributed by atoms with Gasteiger partial charge in [-0.1, -0.05) is 30.3 Å². The van der Waals surface area contributed by atoms with Crippen molar-refractivity contribution in [3.63, 3.8) is 0 Å². The predicted octanol–water partition coefficient (Wildman–Crippen LogP) is 3.65. The van der Waals surface area contributed by atoms with E-state index >= 15 is 0 Å². The van der Waals surface area contributed by atoms with Gasteiger partial charge in [0.15, 0.2) is 0 Å². The first-order valence-electron chi connectivity index (χ1n) is 10.4. The summed E-state index contributed by atoms with van der Waals surface area (Å²) in [6.07, 6.45) is 2.88. The van der Waals surface area contributed by atoms with Gasteiger partial charge >= 0.3 is 0 Å². The Morgan fingerprint density at radius 3 is 2.50 bits per heavy atom. The fourth-order valence-corrected chi connectivity index (χ4v) is 4.20. The molecule has 10 nitrogen and oxygen atoms in total. The van der Waals surface area contributed by atoms with Gasteiger partial charge in [-0.05, 0) is 29.1 Å². The summed E-state index contributed by atoms with van der Waals surface area (Å²) in [7, 11) is 0. The molecule has 1 unspecified atom stereocenters. The van der Waals surface area contributed by atoms with E-state index in [1.165, 1.54) is 23.6 Å². The van der Waals surface area contributed by atoms with Gasteiger partial charge in [0.1, 0.15) is 12.0 Å². The number of hydrogen-bond donors (Lipinski definition) is 3. The third-order valence-corrected chi connectivity index (χ3v) is 5.92. The second-order valence-corrected chi connectivity index (χ2v) is 8.23. The monoisotopic (exact) mass is 475 g/mol. The van der Waals surface area contributed by atoms with Gasteiger partial charge in [-0.3, -0.25) is 14.9 Å². The molecule has 1 atom stereocenters. The number of pyridine rings is 1. The number of nitrogens with one attached hydrogen (secondary N) is 2. The van der Waals surface area contributed by atoms with Crippen LogP contribution in [0.4, 0.5) is 17.5 Å². The van der Waals surface area contributed by atoms with E-state index in [2.05, 4.69) is 25.6 Å². The number of anilines is 2. The molecular weight excluding hydrogens is 454 g/mol. The maximum atomic E-state index is 12.0. The van der Waals surface area contributed by atoms with Crippen LogP contribution in [0.3, 0.4) is 0 Å². The number of carbonyl (C=O) groups is 1. The summed E-state index contributed by atoms with van der Waals surface area (Å²) in [6.45, 7) is 1.03. The van der Waals surface area contributed by atoms with Gasteiger partial charge in [-0.2, -0.15) is 0 Å². The third kappa shape index (κ3) is 5.51. The van der Waals surface area contributed by atoms with Crippen LogP contribution in [0.5, 0.6) is 0 Å². The van der Waals surface area contributed by atoms with Crippen molar-refractivity contribution in [2.45, 2.75) is 5.92 Å². The molecule has 4 aromatic rings. The van der Waals surface area contributed by atoms with E-state index in [9.17, 15) is 14.9 Å². The lowest BCUT2D eigenvalue weighted by molar-refractivity contribution is -0.385. The van der Waals surface area contributed by atoms with Crippen LogP contribution in [0.25, 0.3) is 11.3 Å². The van der Waals surface area contributed by atoms with Crippen LogP contribution in [0, 0.1) is 10.1 Å². The highest BCUT2D eigenvalue weighted by atomic mass is 32.1. The van der Waals surface area contributed by atoms with Crippen molar-refractivity contribution < 1.29 is 9.72 Å². The van der Waals surface area contributed by atoms with E-state index in [4.69, 9.17) is 5.73 Å².